The first kappa shape index (κ1) is 30.8. The van der Waals surface area contributed by atoms with Crippen molar-refractivity contribution in [2.45, 2.75) is 73.5 Å². The van der Waals surface area contributed by atoms with E-state index in [4.69, 9.17) is 50.8 Å². The maximum atomic E-state index is 11.4. The van der Waals surface area contributed by atoms with Crippen LogP contribution in [0.25, 0.3) is 0 Å². The molecule has 19 nitrogen and oxygen atoms in total. The smallest absolute Gasteiger partial charge is 0.325 e. The van der Waals surface area contributed by atoms with Gasteiger partial charge in [0, 0.05) is 0 Å². The van der Waals surface area contributed by atoms with Crippen LogP contribution in [0.2, 0.25) is 0 Å². The molecule has 7 aliphatic rings. The lowest BCUT2D eigenvalue weighted by atomic mass is 10.1. The maximum Gasteiger partial charge on any atom is 0.325 e. The monoisotopic (exact) mass is 692 g/mol. The van der Waals surface area contributed by atoms with Crippen LogP contribution in [0, 0.1) is 0 Å². The van der Waals surface area contributed by atoms with Crippen molar-refractivity contribution in [2.75, 3.05) is 13.2 Å². The molecule has 0 aromatic heterocycles. The lowest BCUT2D eigenvalue weighted by Gasteiger charge is -2.34. The highest BCUT2D eigenvalue weighted by Gasteiger charge is 2.55. The molecule has 0 radical (unpaired) electrons. The van der Waals surface area contributed by atoms with E-state index in [1.807, 2.05) is 0 Å². The highest BCUT2D eigenvalue weighted by molar-refractivity contribution is 8.47. The van der Waals surface area contributed by atoms with Crippen LogP contribution in [0.15, 0.2) is 30.0 Å². The Morgan fingerprint density at radius 3 is 2.05 bits per heavy atom. The van der Waals surface area contributed by atoms with E-state index in [1.165, 1.54) is 25.4 Å². The summed E-state index contributed by atoms with van der Waals surface area (Å²) in [5.74, 6) is 0.522. The van der Waals surface area contributed by atoms with Crippen LogP contribution in [0.3, 0.4) is 0 Å². The number of nitrogens with zero attached hydrogens (tertiary/aromatic N) is 8. The Morgan fingerprint density at radius 1 is 0.841 bits per heavy atom. The number of thiol groups is 1. The Labute approximate surface area is 260 Å². The number of hydrogen-bond acceptors (Lipinski definition) is 20. The molecule has 7 aliphatic heterocycles. The normalized spacial score (nSPS) is 49.9. The molecule has 0 saturated carbocycles. The Kier molecular flexibility index (Phi) is 8.01. The van der Waals surface area contributed by atoms with Crippen molar-refractivity contribution in [3.05, 3.63) is 0 Å². The van der Waals surface area contributed by atoms with Crippen molar-refractivity contribution in [3.8, 4) is 0 Å². The minimum absolute atomic E-state index is 0.243. The topological polar surface area (TPSA) is 249 Å². The molecular formula is C21H30N10O9P2S2. The molecule has 7 rings (SSSR count). The predicted octanol–water partition coefficient (Wildman–Crippen LogP) is -2.81. The van der Waals surface area contributed by atoms with Gasteiger partial charge in [0.1, 0.15) is 73.1 Å². The Bertz CT molecular complexity index is 1470. The van der Waals surface area contributed by atoms with E-state index in [-0.39, 0.29) is 24.9 Å². The largest absolute Gasteiger partial charge is 0.387 e. The zero-order valence-electron chi connectivity index (χ0n) is 22.6. The molecule has 3 fully saturated rings. The molecule has 3 saturated heterocycles. The number of rotatable bonds is 2. The van der Waals surface area contributed by atoms with Crippen molar-refractivity contribution in [1.82, 2.24) is 9.80 Å². The van der Waals surface area contributed by atoms with Gasteiger partial charge in [0.15, 0.2) is 31.3 Å². The summed E-state index contributed by atoms with van der Waals surface area (Å²) >= 11 is 9.88. The summed E-state index contributed by atoms with van der Waals surface area (Å²) in [7, 11) is 0. The molecule has 0 aliphatic carbocycles. The number of amidine groups is 2. The van der Waals surface area contributed by atoms with Crippen molar-refractivity contribution < 1.29 is 42.7 Å². The summed E-state index contributed by atoms with van der Waals surface area (Å²) < 4.78 is 36.0. The molecule has 240 valence electrons. The molecule has 0 aromatic carbocycles. The highest BCUT2D eigenvalue weighted by Crippen LogP contribution is 2.57. The first-order chi connectivity index (χ1) is 20.9. The van der Waals surface area contributed by atoms with E-state index in [9.17, 15) is 15.1 Å². The maximum absolute atomic E-state index is 11.4. The molecule has 0 amide bonds. The van der Waals surface area contributed by atoms with Gasteiger partial charge in [0.25, 0.3) is 0 Å². The average Bonchev–Trinajstić information content (AvgIpc) is 3.73. The van der Waals surface area contributed by atoms with Gasteiger partial charge in [-0.3, -0.25) is 14.5 Å². The number of aliphatic hydroxyl groups is 2. The number of aliphatic imine (C=N–C) groups is 6. The van der Waals surface area contributed by atoms with E-state index >= 15 is 0 Å². The summed E-state index contributed by atoms with van der Waals surface area (Å²) in [5.41, 5.74) is 12.0. The van der Waals surface area contributed by atoms with Gasteiger partial charge in [0.2, 0.25) is 0 Å². The van der Waals surface area contributed by atoms with Crippen molar-refractivity contribution >= 4 is 80.6 Å². The third-order valence-electron chi connectivity index (χ3n) is 7.95. The summed E-state index contributed by atoms with van der Waals surface area (Å²) in [6.07, 6.45) is -0.746. The second kappa shape index (κ2) is 11.4. The third kappa shape index (κ3) is 5.46. The zero-order chi connectivity index (χ0) is 31.0. The number of hydrogen-bond donors (Lipinski definition) is 6. The Hall–Kier alpha value is -1.84. The number of fused-ring (bicyclic) bond motifs is 5. The van der Waals surface area contributed by atoms with Crippen LogP contribution >= 0.6 is 25.5 Å². The van der Waals surface area contributed by atoms with Crippen LogP contribution in [-0.4, -0.2) is 155 Å². The van der Waals surface area contributed by atoms with E-state index in [0.29, 0.717) is 0 Å². The summed E-state index contributed by atoms with van der Waals surface area (Å²) in [4.78, 5) is 39.7. The number of nitrogens with two attached hydrogens (primary N) is 2. The summed E-state index contributed by atoms with van der Waals surface area (Å²) in [6, 6.07) is -1.13. The fraction of sp³-hybridized carbons (Fsp3) is 0.667. The molecule has 0 spiro atoms. The van der Waals surface area contributed by atoms with Crippen LogP contribution in [0.5, 0.6) is 0 Å². The third-order valence-corrected chi connectivity index (χ3v) is 11.3. The zero-order valence-corrected chi connectivity index (χ0v) is 26.1. The fourth-order valence-electron chi connectivity index (χ4n) is 5.81. The molecule has 14 atom stereocenters. The minimum Gasteiger partial charge on any atom is -0.387 e. The first-order valence-corrected chi connectivity index (χ1v) is 18.9. The van der Waals surface area contributed by atoms with Gasteiger partial charge in [0.05, 0.1) is 25.9 Å². The van der Waals surface area contributed by atoms with Gasteiger partial charge in [-0.05, 0) is 18.1 Å². The van der Waals surface area contributed by atoms with Crippen LogP contribution in [0.4, 0.5) is 0 Å². The Morgan fingerprint density at radius 2 is 1.41 bits per heavy atom. The van der Waals surface area contributed by atoms with Gasteiger partial charge in [-0.2, -0.15) is 0 Å². The Balaban J connectivity index is 1.13. The quantitative estimate of drug-likeness (QED) is 0.126. The van der Waals surface area contributed by atoms with Crippen molar-refractivity contribution in [3.63, 3.8) is 0 Å². The van der Waals surface area contributed by atoms with Gasteiger partial charge in [-0.1, -0.05) is 12.2 Å². The molecule has 23 heteroatoms. The van der Waals surface area contributed by atoms with Gasteiger partial charge >= 0.3 is 6.72 Å². The fourth-order valence-corrected chi connectivity index (χ4v) is 8.83. The van der Waals surface area contributed by atoms with E-state index in [1.54, 1.807) is 9.80 Å². The molecular weight excluding hydrogens is 662 g/mol. The predicted molar refractivity (Wildman–Crippen MR) is 167 cm³/mol. The molecule has 2 bridgehead atoms. The van der Waals surface area contributed by atoms with Crippen LogP contribution < -0.4 is 11.5 Å². The van der Waals surface area contributed by atoms with Crippen molar-refractivity contribution in [2.24, 2.45) is 41.4 Å². The van der Waals surface area contributed by atoms with Crippen LogP contribution in [-0.2, 0) is 39.4 Å². The number of aliphatic hydroxyl groups excluding tert-OH is 2. The minimum atomic E-state index is -4.08. The second-order valence-electron chi connectivity index (χ2n) is 10.7. The molecule has 0 aromatic rings. The van der Waals surface area contributed by atoms with Gasteiger partial charge in [-0.15, -0.1) is 0 Å². The van der Waals surface area contributed by atoms with Gasteiger partial charge < -0.3 is 59.4 Å². The second-order valence-corrected chi connectivity index (χ2v) is 17.1. The lowest BCUT2D eigenvalue weighted by molar-refractivity contribution is -0.0828. The SMILES string of the molecule is C=P1(S)OCC2OC(N3C=NC4C(N)=NC=NC43)C(OP(O)(=S)OCC3OC(N4C=NC5C(N)=NC=NC54)C(O)C3O1)C2O. The van der Waals surface area contributed by atoms with Crippen molar-refractivity contribution in [1.29, 1.82) is 0 Å². The average molecular weight is 693 g/mol. The standard InChI is InChI=1S/C21H30N10O9P2S2/c1-41(43)35-2-8-12(32)15(21(37-8)31-7-29-11-17(23)25-5-27-19(11)31)40-42(34,44)36-3-9-14(39-41)13(33)20(38-9)30-6-28-10-16(22)24-4-26-18(10)30/h4-15,18-21,32-33,43H,1-3H2,(H,34,44)(H2,22,24,26)(H2,23,25,27). The highest BCUT2D eigenvalue weighted by atomic mass is 32.7. The van der Waals surface area contributed by atoms with Gasteiger partial charge in [-0.25, -0.2) is 20.0 Å². The molecule has 7 heterocycles. The summed E-state index contributed by atoms with van der Waals surface area (Å²) in [6.45, 7) is -7.96. The number of ether oxygens (including phenoxy) is 2. The molecule has 14 unspecified atom stereocenters. The molecule has 44 heavy (non-hydrogen) atoms. The van der Waals surface area contributed by atoms with E-state index in [2.05, 4.69) is 48.5 Å². The molecule has 7 N–H and O–H groups in total. The lowest BCUT2D eigenvalue weighted by Crippen LogP contribution is -2.51. The van der Waals surface area contributed by atoms with E-state index < -0.39 is 86.8 Å². The van der Waals surface area contributed by atoms with E-state index in [0.717, 1.165) is 0 Å². The summed E-state index contributed by atoms with van der Waals surface area (Å²) in [5, 5.41) is 22.6. The first-order valence-electron chi connectivity index (χ1n) is 13.4. The van der Waals surface area contributed by atoms with Crippen LogP contribution in [0.1, 0.15) is 0 Å².